The Hall–Kier alpha value is -3.16. The molecule has 0 aliphatic carbocycles. The molecular weight excluding hydrogens is 308 g/mol. The number of carbonyl (C=O) groups is 1. The Morgan fingerprint density at radius 3 is 2.71 bits per heavy atom. The average Bonchev–Trinajstić information content (AvgIpc) is 3.24. The molecule has 24 heavy (non-hydrogen) atoms. The number of para-hydroxylation sites is 1. The van der Waals surface area contributed by atoms with Gasteiger partial charge in [0.05, 0.1) is 12.8 Å². The highest BCUT2D eigenvalue weighted by atomic mass is 16.5. The van der Waals surface area contributed by atoms with Gasteiger partial charge in [0.15, 0.2) is 0 Å². The minimum Gasteiger partial charge on any atom is -0.496 e. The van der Waals surface area contributed by atoms with Crippen molar-refractivity contribution in [2.75, 3.05) is 12.4 Å². The Morgan fingerprint density at radius 1 is 1.21 bits per heavy atom. The maximum absolute atomic E-state index is 12.3. The van der Waals surface area contributed by atoms with E-state index in [2.05, 4.69) is 30.7 Å². The molecule has 0 aliphatic heterocycles. The number of anilines is 1. The van der Waals surface area contributed by atoms with Gasteiger partial charge in [0, 0.05) is 11.5 Å². The number of aromatic amines is 2. The molecule has 0 fully saturated rings. The van der Waals surface area contributed by atoms with Gasteiger partial charge >= 0.3 is 0 Å². The largest absolute Gasteiger partial charge is 0.496 e. The fourth-order valence-electron chi connectivity index (χ4n) is 2.19. The number of benzene rings is 1. The zero-order chi connectivity index (χ0) is 17.1. The number of methoxy groups -OCH3 is 1. The molecule has 1 aromatic carbocycles. The standard InChI is InChI=1S/C16H18N6O2/c1-9(2)14-17-16(22-21-14)18-15(23)12-8-11(19-20-12)10-6-4-5-7-13(10)24-3/h4-9H,1-3H3,(H,19,20)(H2,17,18,21,22,23). The van der Waals surface area contributed by atoms with Gasteiger partial charge in [-0.3, -0.25) is 20.3 Å². The predicted octanol–water partition coefficient (Wildman–Crippen LogP) is 2.58. The van der Waals surface area contributed by atoms with E-state index in [1.165, 1.54) is 0 Å². The summed E-state index contributed by atoms with van der Waals surface area (Å²) in [5.74, 6) is 1.47. The second-order valence-electron chi connectivity index (χ2n) is 5.52. The second kappa shape index (κ2) is 6.53. The van der Waals surface area contributed by atoms with Crippen molar-refractivity contribution >= 4 is 11.9 Å². The number of hydrogen-bond donors (Lipinski definition) is 3. The van der Waals surface area contributed by atoms with Gasteiger partial charge in [-0.15, -0.1) is 5.10 Å². The van der Waals surface area contributed by atoms with E-state index in [1.807, 2.05) is 38.1 Å². The molecule has 1 amide bonds. The quantitative estimate of drug-likeness (QED) is 0.668. The van der Waals surface area contributed by atoms with E-state index in [-0.39, 0.29) is 17.8 Å². The van der Waals surface area contributed by atoms with Gasteiger partial charge in [-0.05, 0) is 18.2 Å². The summed E-state index contributed by atoms with van der Waals surface area (Å²) in [4.78, 5) is 16.5. The number of amides is 1. The second-order valence-corrected chi connectivity index (χ2v) is 5.52. The molecule has 0 radical (unpaired) electrons. The van der Waals surface area contributed by atoms with Gasteiger partial charge in [0.25, 0.3) is 5.91 Å². The normalized spacial score (nSPS) is 10.8. The van der Waals surface area contributed by atoms with Gasteiger partial charge in [0.2, 0.25) is 5.95 Å². The molecule has 0 atom stereocenters. The highest BCUT2D eigenvalue weighted by Crippen LogP contribution is 2.28. The molecule has 8 nitrogen and oxygen atoms in total. The molecule has 2 heterocycles. The first-order valence-corrected chi connectivity index (χ1v) is 7.51. The number of ether oxygens (including phenoxy) is 1. The van der Waals surface area contributed by atoms with Crippen LogP contribution in [0.15, 0.2) is 30.3 Å². The molecule has 0 aliphatic rings. The molecule has 3 N–H and O–H groups in total. The lowest BCUT2D eigenvalue weighted by Crippen LogP contribution is -2.13. The zero-order valence-electron chi connectivity index (χ0n) is 13.6. The maximum Gasteiger partial charge on any atom is 0.276 e. The Labute approximate surface area is 138 Å². The minimum absolute atomic E-state index is 0.201. The summed E-state index contributed by atoms with van der Waals surface area (Å²) in [5.41, 5.74) is 1.73. The van der Waals surface area contributed by atoms with Crippen LogP contribution in [0.5, 0.6) is 5.75 Å². The fourth-order valence-corrected chi connectivity index (χ4v) is 2.19. The van der Waals surface area contributed by atoms with Gasteiger partial charge in [-0.25, -0.2) is 0 Å². The van der Waals surface area contributed by atoms with Crippen molar-refractivity contribution in [2.45, 2.75) is 19.8 Å². The SMILES string of the molecule is COc1ccccc1-c1cc(C(=O)Nc2n[nH]c(C(C)C)n2)[nH]n1. The summed E-state index contributed by atoms with van der Waals surface area (Å²) in [6.07, 6.45) is 0. The van der Waals surface area contributed by atoms with E-state index in [0.29, 0.717) is 23.0 Å². The van der Waals surface area contributed by atoms with Crippen molar-refractivity contribution in [3.05, 3.63) is 41.9 Å². The average molecular weight is 326 g/mol. The highest BCUT2D eigenvalue weighted by Gasteiger charge is 2.15. The van der Waals surface area contributed by atoms with Crippen LogP contribution in [0.4, 0.5) is 5.95 Å². The lowest BCUT2D eigenvalue weighted by atomic mass is 10.1. The number of H-pyrrole nitrogens is 2. The number of aromatic nitrogens is 5. The molecule has 0 spiro atoms. The monoisotopic (exact) mass is 326 g/mol. The van der Waals surface area contributed by atoms with Crippen molar-refractivity contribution in [3.8, 4) is 17.0 Å². The van der Waals surface area contributed by atoms with Crippen molar-refractivity contribution in [3.63, 3.8) is 0 Å². The van der Waals surface area contributed by atoms with Crippen LogP contribution in [0.25, 0.3) is 11.3 Å². The maximum atomic E-state index is 12.3. The van der Waals surface area contributed by atoms with E-state index in [0.717, 1.165) is 5.56 Å². The van der Waals surface area contributed by atoms with Crippen LogP contribution < -0.4 is 10.1 Å². The summed E-state index contributed by atoms with van der Waals surface area (Å²) < 4.78 is 5.31. The molecule has 0 unspecified atom stereocenters. The lowest BCUT2D eigenvalue weighted by molar-refractivity contribution is 0.102. The van der Waals surface area contributed by atoms with E-state index < -0.39 is 0 Å². The fraction of sp³-hybridized carbons (Fsp3) is 0.250. The molecule has 0 saturated heterocycles. The molecule has 3 aromatic rings. The van der Waals surface area contributed by atoms with Crippen LogP contribution in [0.1, 0.15) is 36.1 Å². The first kappa shape index (κ1) is 15.7. The van der Waals surface area contributed by atoms with Crippen LogP contribution in [-0.4, -0.2) is 38.4 Å². The predicted molar refractivity (Wildman–Crippen MR) is 89.0 cm³/mol. The summed E-state index contributed by atoms with van der Waals surface area (Å²) in [6, 6.07) is 9.13. The van der Waals surface area contributed by atoms with Crippen LogP contribution in [0, 0.1) is 0 Å². The first-order valence-electron chi connectivity index (χ1n) is 7.51. The molecule has 2 aromatic heterocycles. The van der Waals surface area contributed by atoms with E-state index >= 15 is 0 Å². The summed E-state index contributed by atoms with van der Waals surface area (Å²) in [7, 11) is 1.59. The highest BCUT2D eigenvalue weighted by molar-refractivity contribution is 6.02. The van der Waals surface area contributed by atoms with Crippen molar-refractivity contribution in [1.29, 1.82) is 0 Å². The zero-order valence-corrected chi connectivity index (χ0v) is 13.6. The third kappa shape index (κ3) is 3.12. The Bertz CT molecular complexity index is 852. The smallest absolute Gasteiger partial charge is 0.276 e. The number of nitrogens with one attached hydrogen (secondary N) is 3. The lowest BCUT2D eigenvalue weighted by Gasteiger charge is -2.04. The van der Waals surface area contributed by atoms with Crippen LogP contribution >= 0.6 is 0 Å². The van der Waals surface area contributed by atoms with Crippen LogP contribution in [0.2, 0.25) is 0 Å². The third-order valence-electron chi connectivity index (χ3n) is 3.48. The molecular formula is C16H18N6O2. The van der Waals surface area contributed by atoms with Crippen molar-refractivity contribution in [1.82, 2.24) is 25.4 Å². The van der Waals surface area contributed by atoms with Crippen molar-refractivity contribution in [2.24, 2.45) is 0 Å². The van der Waals surface area contributed by atoms with Gasteiger partial charge in [0.1, 0.15) is 17.3 Å². The Balaban J connectivity index is 1.78. The Kier molecular flexibility index (Phi) is 4.28. The van der Waals surface area contributed by atoms with Gasteiger partial charge < -0.3 is 4.74 Å². The van der Waals surface area contributed by atoms with Crippen molar-refractivity contribution < 1.29 is 9.53 Å². The molecule has 124 valence electrons. The van der Waals surface area contributed by atoms with Gasteiger partial charge in [-0.2, -0.15) is 10.1 Å². The topological polar surface area (TPSA) is 109 Å². The third-order valence-corrected chi connectivity index (χ3v) is 3.48. The minimum atomic E-state index is -0.363. The summed E-state index contributed by atoms with van der Waals surface area (Å²) >= 11 is 0. The Morgan fingerprint density at radius 2 is 2.00 bits per heavy atom. The van der Waals surface area contributed by atoms with Crippen LogP contribution in [-0.2, 0) is 0 Å². The number of hydrogen-bond acceptors (Lipinski definition) is 5. The first-order chi connectivity index (χ1) is 11.6. The summed E-state index contributed by atoms with van der Waals surface area (Å²) in [6.45, 7) is 3.97. The van der Waals surface area contributed by atoms with E-state index in [1.54, 1.807) is 13.2 Å². The van der Waals surface area contributed by atoms with E-state index in [4.69, 9.17) is 4.74 Å². The van der Waals surface area contributed by atoms with Gasteiger partial charge in [-0.1, -0.05) is 26.0 Å². The number of carbonyl (C=O) groups excluding carboxylic acids is 1. The van der Waals surface area contributed by atoms with Crippen LogP contribution in [0.3, 0.4) is 0 Å². The number of rotatable bonds is 5. The number of nitrogens with zero attached hydrogens (tertiary/aromatic N) is 3. The molecule has 3 rings (SSSR count). The van der Waals surface area contributed by atoms with E-state index in [9.17, 15) is 4.79 Å². The molecule has 8 heteroatoms. The molecule has 0 saturated carbocycles. The summed E-state index contributed by atoms with van der Waals surface area (Å²) in [5, 5.41) is 16.3. The molecule has 0 bridgehead atoms.